The van der Waals surface area contributed by atoms with Gasteiger partial charge in [0.15, 0.2) is 9.84 Å². The van der Waals surface area contributed by atoms with E-state index in [-0.39, 0.29) is 17.3 Å². The van der Waals surface area contributed by atoms with E-state index in [1.54, 1.807) is 0 Å². The van der Waals surface area contributed by atoms with Crippen LogP contribution in [0.1, 0.15) is 23.5 Å². The van der Waals surface area contributed by atoms with Crippen LogP contribution in [0.2, 0.25) is 0 Å². The van der Waals surface area contributed by atoms with Gasteiger partial charge in [0.2, 0.25) is 0 Å². The molecule has 1 aliphatic rings. The lowest BCUT2D eigenvalue weighted by Crippen LogP contribution is -2.08. The molecule has 0 radical (unpaired) electrons. The first kappa shape index (κ1) is 11.3. The Balaban J connectivity index is 2.34. The Morgan fingerprint density at radius 3 is 2.69 bits per heavy atom. The summed E-state index contributed by atoms with van der Waals surface area (Å²) in [6.07, 6.45) is 1.40. The summed E-state index contributed by atoms with van der Waals surface area (Å²) in [7, 11) is -3.07. The molecule has 0 saturated heterocycles. The number of rotatable bonds is 3. The maximum atomic E-state index is 11.4. The van der Waals surface area contributed by atoms with E-state index in [4.69, 9.17) is 11.5 Å². The van der Waals surface area contributed by atoms with E-state index in [1.165, 1.54) is 0 Å². The average molecular weight is 242 g/mol. The van der Waals surface area contributed by atoms with E-state index in [2.05, 4.69) is 9.97 Å². The summed E-state index contributed by atoms with van der Waals surface area (Å²) in [5.41, 5.74) is 12.2. The number of anilines is 1. The molecule has 88 valence electrons. The Morgan fingerprint density at radius 1 is 1.25 bits per heavy atom. The molecule has 0 aromatic carbocycles. The molecule has 0 saturated carbocycles. The number of aryl methyl sites for hydroxylation is 1. The van der Waals surface area contributed by atoms with Crippen LogP contribution < -0.4 is 11.5 Å². The summed E-state index contributed by atoms with van der Waals surface area (Å²) in [5, 5.41) is 0. The minimum Gasteiger partial charge on any atom is -0.383 e. The van der Waals surface area contributed by atoms with Crippen LogP contribution in [0.15, 0.2) is 0 Å². The second kappa shape index (κ2) is 3.99. The molecule has 7 heteroatoms. The summed E-state index contributed by atoms with van der Waals surface area (Å²) >= 11 is 0. The molecule has 4 N–H and O–H groups in total. The normalized spacial score (nSPS) is 17.3. The monoisotopic (exact) mass is 242 g/mol. The Bertz CT molecular complexity index is 512. The molecule has 2 heterocycles. The van der Waals surface area contributed by atoms with E-state index < -0.39 is 9.84 Å². The van der Waals surface area contributed by atoms with Crippen molar-refractivity contribution in [2.24, 2.45) is 5.73 Å². The van der Waals surface area contributed by atoms with E-state index in [9.17, 15) is 8.42 Å². The van der Waals surface area contributed by atoms with Gasteiger partial charge in [0.05, 0.1) is 17.2 Å². The lowest BCUT2D eigenvalue weighted by molar-refractivity contribution is 0.597. The lowest BCUT2D eigenvalue weighted by Gasteiger charge is -2.04. The van der Waals surface area contributed by atoms with Gasteiger partial charge in [-0.05, 0) is 13.0 Å². The molecule has 16 heavy (non-hydrogen) atoms. The van der Waals surface area contributed by atoms with Crippen LogP contribution in [-0.4, -0.2) is 24.9 Å². The van der Waals surface area contributed by atoms with Crippen LogP contribution in [0.3, 0.4) is 0 Å². The molecule has 1 aromatic rings. The fraction of sp³-hybridized carbons (Fsp3) is 0.556. The van der Waals surface area contributed by atoms with Gasteiger partial charge in [-0.25, -0.2) is 18.4 Å². The van der Waals surface area contributed by atoms with Crippen molar-refractivity contribution in [3.8, 4) is 0 Å². The maximum absolute atomic E-state index is 11.4. The summed E-state index contributed by atoms with van der Waals surface area (Å²) in [6, 6.07) is 0. The summed E-state index contributed by atoms with van der Waals surface area (Å²) in [6.45, 7) is 0.554. The van der Waals surface area contributed by atoms with Crippen molar-refractivity contribution < 1.29 is 8.42 Å². The highest BCUT2D eigenvalue weighted by Crippen LogP contribution is 2.27. The second-order valence-corrected chi connectivity index (χ2v) is 5.94. The number of nitrogens with zero attached hydrogens (tertiary/aromatic N) is 2. The number of nitrogen functional groups attached to an aromatic ring is 1. The van der Waals surface area contributed by atoms with Crippen LogP contribution in [0, 0.1) is 0 Å². The summed E-state index contributed by atoms with van der Waals surface area (Å²) < 4.78 is 22.8. The topological polar surface area (TPSA) is 112 Å². The van der Waals surface area contributed by atoms with Gasteiger partial charge >= 0.3 is 0 Å². The number of hydrogen-bond acceptors (Lipinski definition) is 6. The molecule has 0 bridgehead atoms. The van der Waals surface area contributed by atoms with Crippen molar-refractivity contribution in [1.29, 1.82) is 0 Å². The molecule has 0 spiro atoms. The molecule has 0 atom stereocenters. The Hall–Kier alpha value is -1.21. The molecular formula is C9H14N4O2S. The van der Waals surface area contributed by atoms with Crippen molar-refractivity contribution >= 4 is 15.7 Å². The standard InChI is InChI=1S/C9H14N4O2S/c10-3-1-2-8-12-7-5-16(14,15)4-6(7)9(11)13-8/h1-5,10H2,(H2,11,12,13). The zero-order chi connectivity index (χ0) is 11.8. The molecule has 0 aliphatic carbocycles. The van der Waals surface area contributed by atoms with E-state index in [1.807, 2.05) is 0 Å². The number of sulfone groups is 1. The van der Waals surface area contributed by atoms with Gasteiger partial charge in [0.1, 0.15) is 11.6 Å². The highest BCUT2D eigenvalue weighted by molar-refractivity contribution is 7.90. The van der Waals surface area contributed by atoms with Gasteiger partial charge in [0, 0.05) is 12.0 Å². The molecule has 0 fully saturated rings. The Kier molecular flexibility index (Phi) is 2.81. The fourth-order valence-corrected chi connectivity index (χ4v) is 3.24. The third-order valence-corrected chi connectivity index (χ3v) is 3.94. The predicted octanol–water partition coefficient (Wildman–Crippen LogP) is -0.622. The quantitative estimate of drug-likeness (QED) is 0.730. The molecule has 0 unspecified atom stereocenters. The first-order valence-electron chi connectivity index (χ1n) is 5.06. The van der Waals surface area contributed by atoms with Gasteiger partial charge in [-0.15, -0.1) is 0 Å². The maximum Gasteiger partial charge on any atom is 0.160 e. The zero-order valence-corrected chi connectivity index (χ0v) is 9.63. The first-order valence-corrected chi connectivity index (χ1v) is 6.88. The Labute approximate surface area is 94.0 Å². The molecule has 1 aliphatic heterocycles. The molecule has 2 rings (SSSR count). The highest BCUT2D eigenvalue weighted by atomic mass is 32.2. The number of nitrogens with two attached hydrogens (primary N) is 2. The first-order chi connectivity index (χ1) is 7.52. The Morgan fingerprint density at radius 2 is 2.00 bits per heavy atom. The highest BCUT2D eigenvalue weighted by Gasteiger charge is 2.29. The number of aromatic nitrogens is 2. The van der Waals surface area contributed by atoms with E-state index in [0.717, 1.165) is 6.42 Å². The van der Waals surface area contributed by atoms with Gasteiger partial charge < -0.3 is 11.5 Å². The van der Waals surface area contributed by atoms with Gasteiger partial charge in [-0.3, -0.25) is 0 Å². The minimum absolute atomic E-state index is 0.0231. The number of fused-ring (bicyclic) bond motifs is 1. The third-order valence-electron chi connectivity index (χ3n) is 2.50. The van der Waals surface area contributed by atoms with Crippen molar-refractivity contribution in [2.45, 2.75) is 24.3 Å². The van der Waals surface area contributed by atoms with Crippen LogP contribution in [-0.2, 0) is 27.8 Å². The SMILES string of the molecule is NCCCc1nc(N)c2c(n1)CS(=O)(=O)C2. The largest absolute Gasteiger partial charge is 0.383 e. The van der Waals surface area contributed by atoms with Crippen molar-refractivity contribution in [3.63, 3.8) is 0 Å². The average Bonchev–Trinajstić information content (AvgIpc) is 2.50. The van der Waals surface area contributed by atoms with E-state index >= 15 is 0 Å². The predicted molar refractivity (Wildman–Crippen MR) is 60.1 cm³/mol. The third kappa shape index (κ3) is 2.14. The smallest absolute Gasteiger partial charge is 0.160 e. The van der Waals surface area contributed by atoms with Gasteiger partial charge in [-0.1, -0.05) is 0 Å². The zero-order valence-electron chi connectivity index (χ0n) is 8.81. The van der Waals surface area contributed by atoms with Gasteiger partial charge in [-0.2, -0.15) is 0 Å². The van der Waals surface area contributed by atoms with Crippen LogP contribution in [0.5, 0.6) is 0 Å². The summed E-state index contributed by atoms with van der Waals surface area (Å²) in [5.74, 6) is 0.813. The van der Waals surface area contributed by atoms with Crippen molar-refractivity contribution in [1.82, 2.24) is 9.97 Å². The summed E-state index contributed by atoms with van der Waals surface area (Å²) in [4.78, 5) is 8.32. The number of hydrogen-bond donors (Lipinski definition) is 2. The molecule has 1 aromatic heterocycles. The lowest BCUT2D eigenvalue weighted by atomic mass is 10.2. The van der Waals surface area contributed by atoms with Crippen molar-refractivity contribution in [3.05, 3.63) is 17.1 Å². The van der Waals surface area contributed by atoms with Crippen LogP contribution in [0.4, 0.5) is 5.82 Å². The molecular weight excluding hydrogens is 228 g/mol. The molecule has 6 nitrogen and oxygen atoms in total. The second-order valence-electron chi connectivity index (χ2n) is 3.87. The minimum atomic E-state index is -3.07. The van der Waals surface area contributed by atoms with Crippen molar-refractivity contribution in [2.75, 3.05) is 12.3 Å². The van der Waals surface area contributed by atoms with Crippen LogP contribution >= 0.6 is 0 Å². The van der Waals surface area contributed by atoms with Crippen LogP contribution in [0.25, 0.3) is 0 Å². The van der Waals surface area contributed by atoms with Gasteiger partial charge in [0.25, 0.3) is 0 Å². The van der Waals surface area contributed by atoms with E-state index in [0.29, 0.717) is 30.0 Å². The molecule has 0 amide bonds. The fourth-order valence-electron chi connectivity index (χ4n) is 1.73.